The molecule has 0 aliphatic carbocycles. The SMILES string of the molecule is O=C(O)c1ccc2c(c1)C(=O)N(c1ccc([N+](=O)[O-])cc1[O-])C2=O. The molecule has 0 unspecified atom stereocenters. The molecule has 0 fully saturated rings. The third kappa shape index (κ3) is 2.15. The zero-order valence-electron chi connectivity index (χ0n) is 11.8. The predicted molar refractivity (Wildman–Crippen MR) is 77.1 cm³/mol. The van der Waals surface area contributed by atoms with E-state index in [1.54, 1.807) is 0 Å². The van der Waals surface area contributed by atoms with Crippen molar-refractivity contribution >= 4 is 29.2 Å². The van der Waals surface area contributed by atoms with Gasteiger partial charge in [-0.25, -0.2) is 9.69 Å². The lowest BCUT2D eigenvalue weighted by atomic mass is 10.1. The summed E-state index contributed by atoms with van der Waals surface area (Å²) < 4.78 is 0. The number of anilines is 1. The van der Waals surface area contributed by atoms with E-state index in [-0.39, 0.29) is 22.4 Å². The van der Waals surface area contributed by atoms with E-state index in [4.69, 9.17) is 5.11 Å². The molecule has 0 bridgehead atoms. The number of hydrogen-bond acceptors (Lipinski definition) is 6. The predicted octanol–water partition coefficient (Wildman–Crippen LogP) is 1.17. The Morgan fingerprint density at radius 2 is 1.71 bits per heavy atom. The van der Waals surface area contributed by atoms with Crippen molar-refractivity contribution in [2.24, 2.45) is 0 Å². The summed E-state index contributed by atoms with van der Waals surface area (Å²) in [4.78, 5) is 46.2. The first kappa shape index (κ1) is 15.2. The highest BCUT2D eigenvalue weighted by atomic mass is 16.6. The molecule has 24 heavy (non-hydrogen) atoms. The molecule has 0 saturated heterocycles. The maximum atomic E-state index is 12.4. The summed E-state index contributed by atoms with van der Waals surface area (Å²) in [6.07, 6.45) is 0. The summed E-state index contributed by atoms with van der Waals surface area (Å²) in [6.45, 7) is 0. The molecule has 2 aromatic carbocycles. The van der Waals surface area contributed by atoms with E-state index in [1.165, 1.54) is 12.1 Å². The molecule has 0 radical (unpaired) electrons. The van der Waals surface area contributed by atoms with Crippen LogP contribution in [-0.2, 0) is 0 Å². The Kier molecular flexibility index (Phi) is 3.26. The van der Waals surface area contributed by atoms with Gasteiger partial charge in [-0.2, -0.15) is 0 Å². The van der Waals surface area contributed by atoms with Gasteiger partial charge in [0.05, 0.1) is 21.6 Å². The van der Waals surface area contributed by atoms with Crippen LogP contribution < -0.4 is 10.0 Å². The molecule has 0 atom stereocenters. The van der Waals surface area contributed by atoms with Crippen LogP contribution in [0.5, 0.6) is 5.75 Å². The standard InChI is InChI=1S/C15H8N2O7/c18-12-6-8(17(23)24)2-4-11(12)16-13(19)9-3-1-7(15(21)22)5-10(9)14(16)20/h1-6,18H,(H,21,22)/p-1. The van der Waals surface area contributed by atoms with Crippen molar-refractivity contribution < 1.29 is 29.5 Å². The lowest BCUT2D eigenvalue weighted by Gasteiger charge is -2.20. The number of hydrogen-bond donors (Lipinski definition) is 1. The van der Waals surface area contributed by atoms with Crippen molar-refractivity contribution in [3.8, 4) is 5.75 Å². The Labute approximate surface area is 133 Å². The van der Waals surface area contributed by atoms with Crippen LogP contribution in [0.1, 0.15) is 31.1 Å². The third-order valence-electron chi connectivity index (χ3n) is 3.53. The van der Waals surface area contributed by atoms with Crippen LogP contribution in [0.15, 0.2) is 36.4 Å². The highest BCUT2D eigenvalue weighted by molar-refractivity contribution is 6.35. The maximum absolute atomic E-state index is 12.4. The van der Waals surface area contributed by atoms with Crippen molar-refractivity contribution in [3.05, 3.63) is 63.2 Å². The van der Waals surface area contributed by atoms with E-state index in [0.29, 0.717) is 11.0 Å². The zero-order chi connectivity index (χ0) is 17.6. The van der Waals surface area contributed by atoms with Gasteiger partial charge in [-0.15, -0.1) is 0 Å². The molecule has 120 valence electrons. The van der Waals surface area contributed by atoms with Crippen molar-refractivity contribution in [2.45, 2.75) is 0 Å². The number of carbonyl (C=O) groups excluding carboxylic acids is 2. The minimum Gasteiger partial charge on any atom is -0.871 e. The van der Waals surface area contributed by atoms with Gasteiger partial charge < -0.3 is 10.2 Å². The van der Waals surface area contributed by atoms with Gasteiger partial charge in [0, 0.05) is 17.8 Å². The first-order chi connectivity index (χ1) is 11.3. The van der Waals surface area contributed by atoms with E-state index in [2.05, 4.69) is 0 Å². The van der Waals surface area contributed by atoms with Crippen molar-refractivity contribution in [1.82, 2.24) is 0 Å². The summed E-state index contributed by atoms with van der Waals surface area (Å²) in [5, 5.41) is 31.6. The van der Waals surface area contributed by atoms with Gasteiger partial charge in [0.1, 0.15) is 0 Å². The van der Waals surface area contributed by atoms with Crippen LogP contribution >= 0.6 is 0 Å². The van der Waals surface area contributed by atoms with Crippen LogP contribution in [0.4, 0.5) is 11.4 Å². The summed E-state index contributed by atoms with van der Waals surface area (Å²) >= 11 is 0. The Morgan fingerprint density at radius 1 is 1.04 bits per heavy atom. The number of non-ortho nitro benzene ring substituents is 1. The number of benzene rings is 2. The number of fused-ring (bicyclic) bond motifs is 1. The second-order valence-corrected chi connectivity index (χ2v) is 4.92. The van der Waals surface area contributed by atoms with Crippen LogP contribution in [0.2, 0.25) is 0 Å². The molecule has 0 aromatic heterocycles. The molecule has 1 N–H and O–H groups in total. The number of carboxylic acid groups (broad SMARTS) is 1. The van der Waals surface area contributed by atoms with Gasteiger partial charge >= 0.3 is 5.97 Å². The number of amides is 2. The van der Waals surface area contributed by atoms with Gasteiger partial charge in [0.15, 0.2) is 0 Å². The van der Waals surface area contributed by atoms with E-state index < -0.39 is 34.1 Å². The van der Waals surface area contributed by atoms with Gasteiger partial charge in [-0.05, 0) is 24.3 Å². The smallest absolute Gasteiger partial charge is 0.335 e. The first-order valence-corrected chi connectivity index (χ1v) is 6.53. The summed E-state index contributed by atoms with van der Waals surface area (Å²) in [5.74, 6) is -3.78. The van der Waals surface area contributed by atoms with Gasteiger partial charge in [0.25, 0.3) is 17.5 Å². The Morgan fingerprint density at radius 3 is 2.29 bits per heavy atom. The van der Waals surface area contributed by atoms with Crippen LogP contribution in [-0.4, -0.2) is 27.8 Å². The van der Waals surface area contributed by atoms with E-state index in [1.807, 2.05) is 0 Å². The average Bonchev–Trinajstić information content (AvgIpc) is 2.78. The third-order valence-corrected chi connectivity index (χ3v) is 3.53. The van der Waals surface area contributed by atoms with E-state index in [9.17, 15) is 29.6 Å². The molecule has 0 spiro atoms. The Balaban J connectivity index is 2.08. The molecule has 2 aromatic rings. The minimum absolute atomic E-state index is 0.0391. The number of imide groups is 1. The lowest BCUT2D eigenvalue weighted by molar-refractivity contribution is -0.385. The first-order valence-electron chi connectivity index (χ1n) is 6.53. The summed E-state index contributed by atoms with van der Waals surface area (Å²) in [5.41, 5.74) is -1.15. The minimum atomic E-state index is -1.27. The topological polar surface area (TPSA) is 141 Å². The maximum Gasteiger partial charge on any atom is 0.335 e. The quantitative estimate of drug-likeness (QED) is 0.506. The molecular weight excluding hydrogens is 320 g/mol. The second-order valence-electron chi connectivity index (χ2n) is 4.92. The molecular formula is C15H7N2O7-. The largest absolute Gasteiger partial charge is 0.871 e. The molecule has 9 nitrogen and oxygen atoms in total. The van der Waals surface area contributed by atoms with Crippen molar-refractivity contribution in [3.63, 3.8) is 0 Å². The number of carbonyl (C=O) groups is 3. The van der Waals surface area contributed by atoms with Gasteiger partial charge in [0.2, 0.25) is 0 Å². The zero-order valence-corrected chi connectivity index (χ0v) is 11.8. The fourth-order valence-electron chi connectivity index (χ4n) is 2.39. The van der Waals surface area contributed by atoms with Crippen LogP contribution in [0, 0.1) is 10.1 Å². The number of rotatable bonds is 3. The molecule has 1 aliphatic rings. The van der Waals surface area contributed by atoms with Crippen molar-refractivity contribution in [1.29, 1.82) is 0 Å². The number of carboxylic acids is 1. The molecule has 1 heterocycles. The summed E-state index contributed by atoms with van der Waals surface area (Å²) in [6, 6.07) is 6.14. The van der Waals surface area contributed by atoms with E-state index in [0.717, 1.165) is 18.2 Å². The number of nitro benzene ring substituents is 1. The van der Waals surface area contributed by atoms with Crippen LogP contribution in [0.25, 0.3) is 0 Å². The monoisotopic (exact) mass is 327 g/mol. The second kappa shape index (κ2) is 5.16. The number of nitro groups is 1. The molecule has 0 saturated carbocycles. The molecule has 2 amide bonds. The fraction of sp³-hybridized carbons (Fsp3) is 0. The number of aromatic carboxylic acids is 1. The highest BCUT2D eigenvalue weighted by Gasteiger charge is 2.37. The van der Waals surface area contributed by atoms with Crippen molar-refractivity contribution in [2.75, 3.05) is 4.90 Å². The van der Waals surface area contributed by atoms with E-state index >= 15 is 0 Å². The molecule has 1 aliphatic heterocycles. The van der Waals surface area contributed by atoms with Gasteiger partial charge in [-0.1, -0.05) is 5.75 Å². The van der Waals surface area contributed by atoms with Gasteiger partial charge in [-0.3, -0.25) is 19.7 Å². The normalized spacial score (nSPS) is 13.1. The lowest BCUT2D eigenvalue weighted by Crippen LogP contribution is -2.30. The molecule has 3 rings (SSSR count). The number of nitrogens with zero attached hydrogens (tertiary/aromatic N) is 2. The molecule has 9 heteroatoms. The fourth-order valence-corrected chi connectivity index (χ4v) is 2.39. The average molecular weight is 327 g/mol. The summed E-state index contributed by atoms with van der Waals surface area (Å²) in [7, 11) is 0. The Bertz CT molecular complexity index is 935. The van der Waals surface area contributed by atoms with Crippen LogP contribution in [0.3, 0.4) is 0 Å². The highest BCUT2D eigenvalue weighted by Crippen LogP contribution is 2.35. The Hall–Kier alpha value is -3.75.